The monoisotopic (exact) mass is 474 g/mol. The van der Waals surface area contributed by atoms with E-state index in [4.69, 9.17) is 14.7 Å². The number of hydrogen-bond donors (Lipinski definition) is 0. The maximum absolute atomic E-state index is 6.07. The Labute approximate surface area is 212 Å². The zero-order valence-electron chi connectivity index (χ0n) is 20.3. The van der Waals surface area contributed by atoms with Crippen molar-refractivity contribution in [2.24, 2.45) is 0 Å². The van der Waals surface area contributed by atoms with Gasteiger partial charge in [0.1, 0.15) is 18.2 Å². The quantitative estimate of drug-likeness (QED) is 0.202. The summed E-state index contributed by atoms with van der Waals surface area (Å²) in [5.74, 6) is 2.51. The van der Waals surface area contributed by atoms with Gasteiger partial charge in [0, 0.05) is 29.9 Å². The number of ether oxygens (including phenoxy) is 1. The van der Waals surface area contributed by atoms with E-state index in [9.17, 15) is 0 Å². The first kappa shape index (κ1) is 23.5. The molecule has 0 aliphatic rings. The lowest BCUT2D eigenvalue weighted by Gasteiger charge is -2.25. The Morgan fingerprint density at radius 2 is 1.47 bits per heavy atom. The lowest BCUT2D eigenvalue weighted by atomic mass is 10.1. The second-order valence-corrected chi connectivity index (χ2v) is 8.72. The van der Waals surface area contributed by atoms with Gasteiger partial charge in [-0.3, -0.25) is 4.98 Å². The minimum absolute atomic E-state index is 0.573. The van der Waals surface area contributed by atoms with Crippen molar-refractivity contribution in [2.75, 3.05) is 24.6 Å². The molecular formula is C31H30N4O. The van der Waals surface area contributed by atoms with Crippen LogP contribution in [0, 0.1) is 0 Å². The number of aryl methyl sites for hydroxylation is 1. The van der Waals surface area contributed by atoms with Crippen molar-refractivity contribution in [1.82, 2.24) is 15.0 Å². The molecule has 0 amide bonds. The van der Waals surface area contributed by atoms with Gasteiger partial charge in [0.15, 0.2) is 5.82 Å². The molecule has 2 aromatic heterocycles. The van der Waals surface area contributed by atoms with Gasteiger partial charge < -0.3 is 9.64 Å². The van der Waals surface area contributed by atoms with Gasteiger partial charge in [-0.05, 0) is 61.2 Å². The highest BCUT2D eigenvalue weighted by molar-refractivity contribution is 5.91. The molecule has 2 heterocycles. The summed E-state index contributed by atoms with van der Waals surface area (Å²) in [6.45, 7) is 2.19. The highest BCUT2D eigenvalue weighted by Gasteiger charge is 2.16. The topological polar surface area (TPSA) is 51.1 Å². The van der Waals surface area contributed by atoms with Crippen molar-refractivity contribution < 1.29 is 4.74 Å². The third-order valence-electron chi connectivity index (χ3n) is 6.16. The number of benzene rings is 3. The second-order valence-electron chi connectivity index (χ2n) is 8.72. The third kappa shape index (κ3) is 6.05. The van der Waals surface area contributed by atoms with E-state index in [1.165, 1.54) is 5.56 Å². The first-order valence-electron chi connectivity index (χ1n) is 12.5. The molecule has 0 unspecified atom stereocenters. The van der Waals surface area contributed by atoms with Crippen LogP contribution in [0.1, 0.15) is 18.4 Å². The Bertz CT molecular complexity index is 1360. The van der Waals surface area contributed by atoms with Crippen molar-refractivity contribution in [1.29, 1.82) is 0 Å². The van der Waals surface area contributed by atoms with E-state index >= 15 is 0 Å². The zero-order valence-corrected chi connectivity index (χ0v) is 20.3. The molecule has 0 aliphatic carbocycles. The maximum atomic E-state index is 6.07. The van der Waals surface area contributed by atoms with Crippen LogP contribution in [-0.2, 0) is 6.42 Å². The molecule has 0 aliphatic heterocycles. The summed E-state index contributed by atoms with van der Waals surface area (Å²) in [5, 5.41) is 1.05. The lowest BCUT2D eigenvalue weighted by Crippen LogP contribution is -2.30. The van der Waals surface area contributed by atoms with E-state index in [1.54, 1.807) is 6.20 Å². The molecule has 5 rings (SSSR count). The lowest BCUT2D eigenvalue weighted by molar-refractivity contribution is 0.323. The Morgan fingerprint density at radius 3 is 2.28 bits per heavy atom. The Balaban J connectivity index is 1.40. The summed E-state index contributed by atoms with van der Waals surface area (Å²) in [4.78, 5) is 16.5. The first-order valence-corrected chi connectivity index (χ1v) is 12.5. The number of para-hydroxylation sites is 2. The van der Waals surface area contributed by atoms with E-state index in [-0.39, 0.29) is 0 Å². The highest BCUT2D eigenvalue weighted by Crippen LogP contribution is 2.28. The number of fused-ring (bicyclic) bond motifs is 1. The van der Waals surface area contributed by atoms with Crippen molar-refractivity contribution >= 4 is 16.7 Å². The van der Waals surface area contributed by atoms with E-state index in [0.717, 1.165) is 60.4 Å². The molecule has 0 N–H and O–H groups in total. The molecule has 0 bridgehead atoms. The molecule has 3 aromatic carbocycles. The van der Waals surface area contributed by atoms with Gasteiger partial charge in [-0.25, -0.2) is 9.97 Å². The van der Waals surface area contributed by atoms with Crippen LogP contribution in [0.15, 0.2) is 109 Å². The third-order valence-corrected chi connectivity index (χ3v) is 6.16. The maximum Gasteiger partial charge on any atom is 0.163 e. The fourth-order valence-electron chi connectivity index (χ4n) is 4.32. The zero-order chi connectivity index (χ0) is 24.4. The standard InChI is InChI=1S/C31H30N4O/c1-3-12-25(13-4-1)14-9-10-21-35(22-23-36-27-16-5-2-6-17-27)31-28-18-7-8-19-29(28)33-30(34-31)26-15-11-20-32-24-26/h1-8,11-13,15-20,24H,9-10,14,21-23H2. The van der Waals surface area contributed by atoms with E-state index in [1.807, 2.05) is 60.8 Å². The van der Waals surface area contributed by atoms with Gasteiger partial charge >= 0.3 is 0 Å². The largest absolute Gasteiger partial charge is 0.492 e. The number of aromatic nitrogens is 3. The molecular weight excluding hydrogens is 444 g/mol. The SMILES string of the molecule is c1ccc(CCCCN(CCOc2ccccc2)c2nc(-c3cccnc3)nc3ccccc23)cc1. The highest BCUT2D eigenvalue weighted by atomic mass is 16.5. The van der Waals surface area contributed by atoms with Crippen molar-refractivity contribution in [3.05, 3.63) is 115 Å². The van der Waals surface area contributed by atoms with Crippen molar-refractivity contribution in [2.45, 2.75) is 19.3 Å². The summed E-state index contributed by atoms with van der Waals surface area (Å²) in [7, 11) is 0. The average Bonchev–Trinajstić information content (AvgIpc) is 2.95. The average molecular weight is 475 g/mol. The molecule has 5 nitrogen and oxygen atoms in total. The number of pyridine rings is 1. The molecule has 0 spiro atoms. The van der Waals surface area contributed by atoms with Crippen molar-refractivity contribution in [3.8, 4) is 17.1 Å². The molecule has 5 aromatic rings. The van der Waals surface area contributed by atoms with Crippen LogP contribution in [0.2, 0.25) is 0 Å². The van der Waals surface area contributed by atoms with Crippen molar-refractivity contribution in [3.63, 3.8) is 0 Å². The second kappa shape index (κ2) is 11.9. The van der Waals surface area contributed by atoms with Crippen LogP contribution in [0.3, 0.4) is 0 Å². The summed E-state index contributed by atoms with van der Waals surface area (Å²) in [5.41, 5.74) is 3.22. The minimum atomic E-state index is 0.573. The van der Waals surface area contributed by atoms with E-state index < -0.39 is 0 Å². The van der Waals surface area contributed by atoms with Gasteiger partial charge in [-0.15, -0.1) is 0 Å². The Kier molecular flexibility index (Phi) is 7.79. The molecule has 0 atom stereocenters. The van der Waals surface area contributed by atoms with Gasteiger partial charge in [-0.2, -0.15) is 0 Å². The smallest absolute Gasteiger partial charge is 0.163 e. The van der Waals surface area contributed by atoms with Crippen LogP contribution in [0.4, 0.5) is 5.82 Å². The molecule has 36 heavy (non-hydrogen) atoms. The van der Waals surface area contributed by atoms with Gasteiger partial charge in [0.2, 0.25) is 0 Å². The number of hydrogen-bond acceptors (Lipinski definition) is 5. The molecule has 0 saturated heterocycles. The minimum Gasteiger partial charge on any atom is -0.492 e. The van der Waals surface area contributed by atoms with Crippen LogP contribution in [0.25, 0.3) is 22.3 Å². The van der Waals surface area contributed by atoms with Gasteiger partial charge in [0.05, 0.1) is 12.1 Å². The number of rotatable bonds is 11. The van der Waals surface area contributed by atoms with Crippen LogP contribution < -0.4 is 9.64 Å². The normalized spacial score (nSPS) is 10.9. The summed E-state index contributed by atoms with van der Waals surface area (Å²) in [6, 6.07) is 32.8. The van der Waals surface area contributed by atoms with E-state index in [2.05, 4.69) is 52.3 Å². The van der Waals surface area contributed by atoms with Crippen LogP contribution in [0.5, 0.6) is 5.75 Å². The summed E-state index contributed by atoms with van der Waals surface area (Å²) in [6.07, 6.45) is 6.82. The number of nitrogens with zero attached hydrogens (tertiary/aromatic N) is 4. The fraction of sp³-hybridized carbons (Fsp3) is 0.194. The van der Waals surface area contributed by atoms with E-state index in [0.29, 0.717) is 12.4 Å². The number of anilines is 1. The predicted molar refractivity (Wildman–Crippen MR) is 146 cm³/mol. The molecule has 180 valence electrons. The predicted octanol–water partition coefficient (Wildman–Crippen LogP) is 6.60. The fourth-order valence-corrected chi connectivity index (χ4v) is 4.32. The molecule has 0 saturated carbocycles. The van der Waals surface area contributed by atoms with Crippen LogP contribution in [-0.4, -0.2) is 34.6 Å². The molecule has 0 fully saturated rings. The van der Waals surface area contributed by atoms with Gasteiger partial charge in [-0.1, -0.05) is 60.7 Å². The molecule has 5 heteroatoms. The van der Waals surface area contributed by atoms with Crippen LogP contribution >= 0.6 is 0 Å². The first-order chi connectivity index (χ1) is 17.9. The Hall–Kier alpha value is -4.25. The Morgan fingerprint density at radius 1 is 0.694 bits per heavy atom. The molecule has 0 radical (unpaired) electrons. The number of unbranched alkanes of at least 4 members (excludes halogenated alkanes) is 1. The van der Waals surface area contributed by atoms with Gasteiger partial charge in [0.25, 0.3) is 0 Å². The summed E-state index contributed by atoms with van der Waals surface area (Å²) >= 11 is 0. The summed E-state index contributed by atoms with van der Waals surface area (Å²) < 4.78 is 6.07.